The number of hydrogen-bond donors (Lipinski definition) is 2. The van der Waals surface area contributed by atoms with Crippen LogP contribution in [0.4, 0.5) is 15.8 Å². The van der Waals surface area contributed by atoms with Gasteiger partial charge in [-0.25, -0.2) is 4.39 Å². The highest BCUT2D eigenvalue weighted by atomic mass is 127. The molecule has 0 bridgehead atoms. The molecule has 1 aliphatic rings. The van der Waals surface area contributed by atoms with Crippen molar-refractivity contribution in [3.63, 3.8) is 0 Å². The maximum Gasteiger partial charge on any atom is 0.291 e. The Morgan fingerprint density at radius 2 is 1.73 bits per heavy atom. The molecule has 0 saturated carbocycles. The molecular weight excluding hydrogens is 536 g/mol. The molecule has 0 spiro atoms. The molecule has 4 rings (SSSR count). The summed E-state index contributed by atoms with van der Waals surface area (Å²) in [5, 5.41) is 6.22. The molecule has 2 aromatic carbocycles. The van der Waals surface area contributed by atoms with Crippen molar-refractivity contribution >= 4 is 47.2 Å². The second-order valence-corrected chi connectivity index (χ2v) is 7.48. The number of nitrogens with one attached hydrogen (secondary N) is 2. The highest BCUT2D eigenvalue weighted by Gasteiger charge is 2.19. The van der Waals surface area contributed by atoms with Crippen molar-refractivity contribution in [3.05, 3.63) is 84.1 Å². The lowest BCUT2D eigenvalue weighted by molar-refractivity contribution is 0.0996. The molecule has 1 aromatic heterocycles. The van der Waals surface area contributed by atoms with E-state index < -0.39 is 0 Å². The van der Waals surface area contributed by atoms with Crippen LogP contribution in [-0.4, -0.2) is 50.0 Å². The van der Waals surface area contributed by atoms with Crippen LogP contribution in [0.25, 0.3) is 0 Å². The zero-order valence-corrected chi connectivity index (χ0v) is 20.7. The standard InChI is InChI=1S/C24H26FN5O2.HI/c1-26-24(30-14-12-29(13-15-30)21-10-6-19(25)7-11-21)27-17-18-4-8-20(9-5-18)28-23(31)22-3-2-16-32-22;/h2-11,16H,12-15,17H2,1H3,(H,26,27)(H,28,31);1H. The van der Waals surface area contributed by atoms with E-state index in [4.69, 9.17) is 4.42 Å². The molecule has 1 amide bonds. The van der Waals surface area contributed by atoms with Gasteiger partial charge in [0.05, 0.1) is 6.26 Å². The Balaban J connectivity index is 0.00000306. The second-order valence-electron chi connectivity index (χ2n) is 7.48. The lowest BCUT2D eigenvalue weighted by Gasteiger charge is -2.37. The summed E-state index contributed by atoms with van der Waals surface area (Å²) in [6, 6.07) is 17.6. The molecule has 3 aromatic rings. The number of hydrogen-bond acceptors (Lipinski definition) is 4. The molecule has 2 heterocycles. The molecule has 174 valence electrons. The summed E-state index contributed by atoms with van der Waals surface area (Å²) in [5.41, 5.74) is 2.82. The Labute approximate surface area is 209 Å². The summed E-state index contributed by atoms with van der Waals surface area (Å²) >= 11 is 0. The molecule has 1 aliphatic heterocycles. The normalized spacial score (nSPS) is 13.9. The van der Waals surface area contributed by atoms with Crippen LogP contribution in [0, 0.1) is 5.82 Å². The van der Waals surface area contributed by atoms with Crippen molar-refractivity contribution in [2.75, 3.05) is 43.4 Å². The molecule has 7 nitrogen and oxygen atoms in total. The topological polar surface area (TPSA) is 73.1 Å². The molecule has 2 N–H and O–H groups in total. The zero-order valence-electron chi connectivity index (χ0n) is 18.3. The SMILES string of the molecule is CN=C(NCc1ccc(NC(=O)c2ccco2)cc1)N1CCN(c2ccc(F)cc2)CC1.I. The molecular formula is C24H27FIN5O2. The van der Waals surface area contributed by atoms with E-state index >= 15 is 0 Å². The number of anilines is 2. The first-order chi connectivity index (χ1) is 15.6. The third kappa shape index (κ3) is 6.47. The first-order valence-corrected chi connectivity index (χ1v) is 10.5. The van der Waals surface area contributed by atoms with E-state index in [0.717, 1.165) is 43.4 Å². The van der Waals surface area contributed by atoms with Gasteiger partial charge in [0.15, 0.2) is 11.7 Å². The third-order valence-electron chi connectivity index (χ3n) is 5.39. The Kier molecular flexibility index (Phi) is 8.70. The second kappa shape index (κ2) is 11.7. The van der Waals surface area contributed by atoms with E-state index in [1.807, 2.05) is 36.4 Å². The van der Waals surface area contributed by atoms with E-state index in [1.54, 1.807) is 19.2 Å². The number of furan rings is 1. The number of rotatable bonds is 5. The first-order valence-electron chi connectivity index (χ1n) is 10.5. The number of piperazine rings is 1. The van der Waals surface area contributed by atoms with Crippen LogP contribution in [0.2, 0.25) is 0 Å². The van der Waals surface area contributed by atoms with E-state index in [2.05, 4.69) is 25.4 Å². The van der Waals surface area contributed by atoms with E-state index in [0.29, 0.717) is 12.2 Å². The number of amides is 1. The summed E-state index contributed by atoms with van der Waals surface area (Å²) in [7, 11) is 1.78. The maximum atomic E-state index is 13.2. The average Bonchev–Trinajstić information content (AvgIpc) is 3.37. The van der Waals surface area contributed by atoms with Crippen molar-refractivity contribution in [3.8, 4) is 0 Å². The minimum atomic E-state index is -0.277. The monoisotopic (exact) mass is 563 g/mol. The van der Waals surface area contributed by atoms with Gasteiger partial charge >= 0.3 is 0 Å². The molecule has 0 unspecified atom stereocenters. The summed E-state index contributed by atoms with van der Waals surface area (Å²) in [5.74, 6) is 0.629. The summed E-state index contributed by atoms with van der Waals surface area (Å²) in [6.45, 7) is 3.97. The van der Waals surface area contributed by atoms with Gasteiger partial charge in [-0.05, 0) is 54.1 Å². The van der Waals surface area contributed by atoms with Gasteiger partial charge in [0.25, 0.3) is 5.91 Å². The van der Waals surface area contributed by atoms with Gasteiger partial charge in [-0.2, -0.15) is 0 Å². The minimum Gasteiger partial charge on any atom is -0.459 e. The molecule has 1 saturated heterocycles. The van der Waals surface area contributed by atoms with Crippen molar-refractivity contribution in [1.29, 1.82) is 0 Å². The Morgan fingerprint density at radius 3 is 2.33 bits per heavy atom. The Morgan fingerprint density at radius 1 is 1.03 bits per heavy atom. The Bertz CT molecular complexity index is 1050. The summed E-state index contributed by atoms with van der Waals surface area (Å²) in [4.78, 5) is 20.9. The van der Waals surface area contributed by atoms with Gasteiger partial charge in [-0.3, -0.25) is 9.79 Å². The fourth-order valence-corrected chi connectivity index (χ4v) is 3.65. The minimum absolute atomic E-state index is 0. The zero-order chi connectivity index (χ0) is 22.3. The molecule has 0 aliphatic carbocycles. The number of halogens is 2. The fourth-order valence-electron chi connectivity index (χ4n) is 3.65. The lowest BCUT2D eigenvalue weighted by atomic mass is 10.2. The summed E-state index contributed by atoms with van der Waals surface area (Å²) < 4.78 is 18.3. The van der Waals surface area contributed by atoms with Gasteiger partial charge in [0, 0.05) is 51.1 Å². The van der Waals surface area contributed by atoms with Gasteiger partial charge < -0.3 is 24.9 Å². The maximum absolute atomic E-state index is 13.2. The van der Waals surface area contributed by atoms with Crippen LogP contribution >= 0.6 is 24.0 Å². The predicted octanol–water partition coefficient (Wildman–Crippen LogP) is 4.19. The van der Waals surface area contributed by atoms with Crippen LogP contribution in [0.1, 0.15) is 16.1 Å². The number of aliphatic imine (C=N–C) groups is 1. The molecule has 0 atom stereocenters. The van der Waals surface area contributed by atoms with Gasteiger partial charge in [-0.15, -0.1) is 24.0 Å². The largest absolute Gasteiger partial charge is 0.459 e. The van der Waals surface area contributed by atoms with Crippen LogP contribution in [0.3, 0.4) is 0 Å². The third-order valence-corrected chi connectivity index (χ3v) is 5.39. The number of carbonyl (C=O) groups excluding carboxylic acids is 1. The fraction of sp³-hybridized carbons (Fsp3) is 0.250. The van der Waals surface area contributed by atoms with Gasteiger partial charge in [0.1, 0.15) is 5.82 Å². The molecule has 9 heteroatoms. The highest BCUT2D eigenvalue weighted by molar-refractivity contribution is 14.0. The Hall–Kier alpha value is -3.08. The molecule has 33 heavy (non-hydrogen) atoms. The van der Waals surface area contributed by atoms with Crippen molar-refractivity contribution in [1.82, 2.24) is 10.2 Å². The van der Waals surface area contributed by atoms with Crippen LogP contribution in [0.5, 0.6) is 0 Å². The van der Waals surface area contributed by atoms with Crippen molar-refractivity contribution in [2.24, 2.45) is 4.99 Å². The predicted molar refractivity (Wildman–Crippen MR) is 139 cm³/mol. The van der Waals surface area contributed by atoms with Crippen LogP contribution < -0.4 is 15.5 Å². The number of benzene rings is 2. The van der Waals surface area contributed by atoms with E-state index in [1.165, 1.54) is 18.4 Å². The lowest BCUT2D eigenvalue weighted by Crippen LogP contribution is -2.52. The van der Waals surface area contributed by atoms with Crippen molar-refractivity contribution < 1.29 is 13.6 Å². The number of carbonyl (C=O) groups is 1. The van der Waals surface area contributed by atoms with Gasteiger partial charge in [0.2, 0.25) is 0 Å². The van der Waals surface area contributed by atoms with E-state index in [-0.39, 0.29) is 41.5 Å². The van der Waals surface area contributed by atoms with Crippen LogP contribution in [0.15, 0.2) is 76.3 Å². The molecule has 0 radical (unpaired) electrons. The first kappa shape index (κ1) is 24.6. The highest BCUT2D eigenvalue weighted by Crippen LogP contribution is 2.17. The molecule has 1 fully saturated rings. The summed E-state index contributed by atoms with van der Waals surface area (Å²) in [6.07, 6.45) is 1.47. The van der Waals surface area contributed by atoms with Crippen molar-refractivity contribution in [2.45, 2.75) is 6.54 Å². The van der Waals surface area contributed by atoms with Crippen LogP contribution in [-0.2, 0) is 6.54 Å². The quantitative estimate of drug-likeness (QED) is 0.277. The smallest absolute Gasteiger partial charge is 0.291 e. The number of nitrogens with zero attached hydrogens (tertiary/aromatic N) is 3. The average molecular weight is 563 g/mol. The number of guanidine groups is 1. The van der Waals surface area contributed by atoms with E-state index in [9.17, 15) is 9.18 Å². The van der Waals surface area contributed by atoms with Gasteiger partial charge in [-0.1, -0.05) is 12.1 Å².